The van der Waals surface area contributed by atoms with Crippen LogP contribution in [0.5, 0.6) is 0 Å². The third-order valence-corrected chi connectivity index (χ3v) is 2.36. The van der Waals surface area contributed by atoms with E-state index < -0.39 is 12.0 Å². The topological polar surface area (TPSA) is 78.3 Å². The second kappa shape index (κ2) is 4.22. The summed E-state index contributed by atoms with van der Waals surface area (Å²) in [6.07, 6.45) is 3.12. The van der Waals surface area contributed by atoms with Crippen molar-refractivity contribution in [1.29, 1.82) is 0 Å². The molecule has 1 saturated heterocycles. The lowest BCUT2D eigenvalue weighted by atomic mass is 10.2. The first-order chi connectivity index (χ1) is 7.27. The molecule has 1 fully saturated rings. The maximum absolute atomic E-state index is 10.8. The summed E-state index contributed by atoms with van der Waals surface area (Å²) in [5.41, 5.74) is 0. The predicted octanol–water partition coefficient (Wildman–Crippen LogP) is -0.661. The Hall–Kier alpha value is -1.69. The minimum Gasteiger partial charge on any atom is -0.480 e. The maximum atomic E-state index is 10.8. The van der Waals surface area contributed by atoms with E-state index in [-0.39, 0.29) is 0 Å². The number of hydrogen-bond acceptors (Lipinski definition) is 5. The Labute approximate surface area is 87.0 Å². The number of rotatable bonds is 2. The van der Waals surface area contributed by atoms with Gasteiger partial charge in [0.1, 0.15) is 18.2 Å². The largest absolute Gasteiger partial charge is 0.480 e. The van der Waals surface area contributed by atoms with Crippen LogP contribution in [-0.4, -0.2) is 46.7 Å². The van der Waals surface area contributed by atoms with Crippen molar-refractivity contribution in [3.05, 3.63) is 18.6 Å². The predicted molar refractivity (Wildman–Crippen MR) is 53.7 cm³/mol. The molecule has 0 spiro atoms. The summed E-state index contributed by atoms with van der Waals surface area (Å²) in [6.45, 7) is 1.86. The summed E-state index contributed by atoms with van der Waals surface area (Å²) in [5, 5.41) is 11.8. The number of piperazine rings is 1. The van der Waals surface area contributed by atoms with Gasteiger partial charge in [0, 0.05) is 25.8 Å². The molecule has 0 amide bonds. The fourth-order valence-corrected chi connectivity index (χ4v) is 1.59. The normalized spacial score (nSPS) is 21.3. The minimum atomic E-state index is -0.825. The lowest BCUT2D eigenvalue weighted by Gasteiger charge is -2.32. The Balaban J connectivity index is 2.08. The van der Waals surface area contributed by atoms with Crippen LogP contribution in [0.3, 0.4) is 0 Å². The van der Waals surface area contributed by atoms with Gasteiger partial charge in [0.25, 0.3) is 0 Å². The summed E-state index contributed by atoms with van der Waals surface area (Å²) < 4.78 is 0. The first-order valence-electron chi connectivity index (χ1n) is 4.74. The summed E-state index contributed by atoms with van der Waals surface area (Å²) in [6, 6.07) is 1.26. The number of carboxylic acid groups (broad SMARTS) is 1. The quantitative estimate of drug-likeness (QED) is 0.671. The van der Waals surface area contributed by atoms with Crippen LogP contribution in [0, 0.1) is 0 Å². The molecule has 1 aliphatic rings. The molecule has 0 radical (unpaired) electrons. The SMILES string of the molecule is O=C(O)C1CN(c2ccncn2)CCN1. The van der Waals surface area contributed by atoms with E-state index in [4.69, 9.17) is 5.11 Å². The van der Waals surface area contributed by atoms with Crippen molar-refractivity contribution in [2.45, 2.75) is 6.04 Å². The molecule has 15 heavy (non-hydrogen) atoms. The van der Waals surface area contributed by atoms with Gasteiger partial charge >= 0.3 is 5.97 Å². The summed E-state index contributed by atoms with van der Waals surface area (Å²) in [4.78, 5) is 20.7. The minimum absolute atomic E-state index is 0.437. The average molecular weight is 208 g/mol. The van der Waals surface area contributed by atoms with Crippen molar-refractivity contribution in [1.82, 2.24) is 15.3 Å². The number of aromatic nitrogens is 2. The third-order valence-electron chi connectivity index (χ3n) is 2.36. The van der Waals surface area contributed by atoms with Crippen LogP contribution in [-0.2, 0) is 4.79 Å². The summed E-state index contributed by atoms with van der Waals surface area (Å²) in [7, 11) is 0. The number of carbonyl (C=O) groups is 1. The van der Waals surface area contributed by atoms with Crippen LogP contribution in [0.2, 0.25) is 0 Å². The number of anilines is 1. The molecule has 2 heterocycles. The van der Waals surface area contributed by atoms with E-state index in [2.05, 4.69) is 15.3 Å². The first kappa shape index (κ1) is 9.85. The van der Waals surface area contributed by atoms with Crippen molar-refractivity contribution in [2.75, 3.05) is 24.5 Å². The molecule has 80 valence electrons. The Kier molecular flexibility index (Phi) is 2.77. The average Bonchev–Trinajstić information content (AvgIpc) is 2.30. The van der Waals surface area contributed by atoms with Gasteiger partial charge in [0.15, 0.2) is 0 Å². The van der Waals surface area contributed by atoms with Crippen molar-refractivity contribution in [2.24, 2.45) is 0 Å². The maximum Gasteiger partial charge on any atom is 0.322 e. The molecule has 0 saturated carbocycles. The molecule has 2 rings (SSSR count). The van der Waals surface area contributed by atoms with E-state index >= 15 is 0 Å². The number of hydrogen-bond donors (Lipinski definition) is 2. The van der Waals surface area contributed by atoms with E-state index in [0.29, 0.717) is 13.1 Å². The van der Waals surface area contributed by atoms with Gasteiger partial charge in [-0.2, -0.15) is 0 Å². The molecule has 0 aromatic carbocycles. The molecule has 6 nitrogen and oxygen atoms in total. The zero-order valence-electron chi connectivity index (χ0n) is 8.13. The van der Waals surface area contributed by atoms with Crippen LogP contribution in [0.25, 0.3) is 0 Å². The highest BCUT2D eigenvalue weighted by Crippen LogP contribution is 2.10. The summed E-state index contributed by atoms with van der Waals surface area (Å²) >= 11 is 0. The van der Waals surface area contributed by atoms with E-state index in [1.54, 1.807) is 12.3 Å². The fourth-order valence-electron chi connectivity index (χ4n) is 1.59. The Bertz CT molecular complexity index is 343. The van der Waals surface area contributed by atoms with Gasteiger partial charge in [0.05, 0.1) is 0 Å². The van der Waals surface area contributed by atoms with Gasteiger partial charge in [-0.3, -0.25) is 4.79 Å². The van der Waals surface area contributed by atoms with Crippen LogP contribution >= 0.6 is 0 Å². The molecular formula is C9H12N4O2. The standard InChI is InChI=1S/C9H12N4O2/c14-9(15)7-5-13(4-3-11-7)8-1-2-10-6-12-8/h1-2,6-7,11H,3-5H2,(H,14,15). The van der Waals surface area contributed by atoms with Crippen LogP contribution in [0.4, 0.5) is 5.82 Å². The fraction of sp³-hybridized carbons (Fsp3) is 0.444. The molecule has 0 aliphatic carbocycles. The number of aliphatic carboxylic acids is 1. The zero-order chi connectivity index (χ0) is 10.7. The van der Waals surface area contributed by atoms with Crippen molar-refractivity contribution in [3.63, 3.8) is 0 Å². The Morgan fingerprint density at radius 1 is 1.67 bits per heavy atom. The highest BCUT2D eigenvalue weighted by Gasteiger charge is 2.25. The van der Waals surface area contributed by atoms with Gasteiger partial charge < -0.3 is 15.3 Å². The van der Waals surface area contributed by atoms with E-state index in [0.717, 1.165) is 12.4 Å². The molecule has 1 unspecified atom stereocenters. The van der Waals surface area contributed by atoms with Crippen LogP contribution in [0.15, 0.2) is 18.6 Å². The van der Waals surface area contributed by atoms with Crippen molar-refractivity contribution >= 4 is 11.8 Å². The van der Waals surface area contributed by atoms with Crippen molar-refractivity contribution < 1.29 is 9.90 Å². The van der Waals surface area contributed by atoms with Crippen LogP contribution < -0.4 is 10.2 Å². The lowest BCUT2D eigenvalue weighted by molar-refractivity contribution is -0.139. The third kappa shape index (κ3) is 2.21. The monoisotopic (exact) mass is 208 g/mol. The van der Waals surface area contributed by atoms with Gasteiger partial charge in [-0.1, -0.05) is 0 Å². The Morgan fingerprint density at radius 2 is 2.53 bits per heavy atom. The molecule has 0 bridgehead atoms. The van der Waals surface area contributed by atoms with E-state index in [1.165, 1.54) is 6.33 Å². The molecule has 1 aromatic rings. The molecular weight excluding hydrogens is 196 g/mol. The Morgan fingerprint density at radius 3 is 3.20 bits per heavy atom. The zero-order valence-corrected chi connectivity index (χ0v) is 8.13. The van der Waals surface area contributed by atoms with E-state index in [1.807, 2.05) is 4.90 Å². The molecule has 1 atom stereocenters. The number of carboxylic acids is 1. The number of nitrogens with one attached hydrogen (secondary N) is 1. The molecule has 1 aliphatic heterocycles. The first-order valence-corrected chi connectivity index (χ1v) is 4.74. The molecule has 6 heteroatoms. The molecule has 1 aromatic heterocycles. The van der Waals surface area contributed by atoms with Crippen LogP contribution in [0.1, 0.15) is 0 Å². The van der Waals surface area contributed by atoms with Crippen molar-refractivity contribution in [3.8, 4) is 0 Å². The highest BCUT2D eigenvalue weighted by molar-refractivity contribution is 5.74. The molecule has 2 N–H and O–H groups in total. The second-order valence-electron chi connectivity index (χ2n) is 3.36. The van der Waals surface area contributed by atoms with Gasteiger partial charge in [-0.25, -0.2) is 9.97 Å². The summed E-state index contributed by atoms with van der Waals surface area (Å²) in [5.74, 6) is -0.0495. The van der Waals surface area contributed by atoms with Gasteiger partial charge in [0.2, 0.25) is 0 Å². The van der Waals surface area contributed by atoms with E-state index in [9.17, 15) is 4.79 Å². The van der Waals surface area contributed by atoms with Gasteiger partial charge in [-0.05, 0) is 6.07 Å². The number of nitrogens with zero attached hydrogens (tertiary/aromatic N) is 3. The smallest absolute Gasteiger partial charge is 0.322 e. The highest BCUT2D eigenvalue weighted by atomic mass is 16.4. The van der Waals surface area contributed by atoms with Gasteiger partial charge in [-0.15, -0.1) is 0 Å². The lowest BCUT2D eigenvalue weighted by Crippen LogP contribution is -2.54. The second-order valence-corrected chi connectivity index (χ2v) is 3.36.